The van der Waals surface area contributed by atoms with Crippen LogP contribution in [-0.4, -0.2) is 9.97 Å². The Morgan fingerprint density at radius 3 is 1.87 bits per heavy atom. The molecule has 0 unspecified atom stereocenters. The van der Waals surface area contributed by atoms with Crippen molar-refractivity contribution in [2.24, 2.45) is 0 Å². The summed E-state index contributed by atoms with van der Waals surface area (Å²) in [4.78, 5) is 10.1. The Kier molecular flexibility index (Phi) is 7.99. The summed E-state index contributed by atoms with van der Waals surface area (Å²) < 4.78 is 0. The molecular formula is C53H40N2. The van der Waals surface area contributed by atoms with Gasteiger partial charge >= 0.3 is 0 Å². The lowest BCUT2D eigenvalue weighted by molar-refractivity contribution is 0.666. The molecule has 10 rings (SSSR count). The second-order valence-corrected chi connectivity index (χ2v) is 15.3. The van der Waals surface area contributed by atoms with Gasteiger partial charge in [0.1, 0.15) is 0 Å². The van der Waals surface area contributed by atoms with Gasteiger partial charge in [0.2, 0.25) is 0 Å². The summed E-state index contributed by atoms with van der Waals surface area (Å²) in [6.07, 6.45) is 8.80. The zero-order chi connectivity index (χ0) is 36.9. The van der Waals surface area contributed by atoms with Gasteiger partial charge < -0.3 is 0 Å². The molecule has 0 spiro atoms. The first-order valence-electron chi connectivity index (χ1n) is 19.3. The molecule has 0 amide bonds. The lowest BCUT2D eigenvalue weighted by atomic mass is 9.78. The molecule has 0 saturated heterocycles. The van der Waals surface area contributed by atoms with E-state index in [1.807, 2.05) is 18.2 Å². The third kappa shape index (κ3) is 5.82. The number of allylic oxidation sites excluding steroid dienone is 4. The lowest BCUT2D eigenvalue weighted by Crippen LogP contribution is -2.15. The van der Waals surface area contributed by atoms with Crippen LogP contribution in [0.15, 0.2) is 182 Å². The standard InChI is InChI=1S/C53H40N2/c1-53(2)47-33-42(29-30-45(47)50-46(36-15-6-3-7-16-36)32-43-21-12-13-24-44(43)51(50)53)41-23-14-22-40(31-41)35-25-27-38(28-26-35)49-34-48(37-17-8-4-9-18-37)54-52(55-49)39-19-10-5-11-20-39/h3,5-8,10-34H,4,9H2,1-2H3. The third-order valence-corrected chi connectivity index (χ3v) is 11.5. The Morgan fingerprint density at radius 2 is 1.11 bits per heavy atom. The van der Waals surface area contributed by atoms with E-state index in [1.165, 1.54) is 66.4 Å². The molecule has 0 radical (unpaired) electrons. The minimum Gasteiger partial charge on any atom is -0.228 e. The van der Waals surface area contributed by atoms with Crippen molar-refractivity contribution in [3.63, 3.8) is 0 Å². The van der Waals surface area contributed by atoms with Crippen LogP contribution in [0.2, 0.25) is 0 Å². The van der Waals surface area contributed by atoms with Crippen molar-refractivity contribution in [2.45, 2.75) is 32.1 Å². The Morgan fingerprint density at radius 1 is 0.473 bits per heavy atom. The fourth-order valence-corrected chi connectivity index (χ4v) is 8.69. The number of hydrogen-bond acceptors (Lipinski definition) is 2. The summed E-state index contributed by atoms with van der Waals surface area (Å²) in [5, 5.41) is 2.62. The fraction of sp³-hybridized carbons (Fsp3) is 0.0943. The predicted molar refractivity (Wildman–Crippen MR) is 231 cm³/mol. The highest BCUT2D eigenvalue weighted by Crippen LogP contribution is 2.55. The van der Waals surface area contributed by atoms with Crippen molar-refractivity contribution in [3.8, 4) is 67.2 Å². The first-order chi connectivity index (χ1) is 27.0. The van der Waals surface area contributed by atoms with E-state index in [-0.39, 0.29) is 5.41 Å². The molecule has 0 fully saturated rings. The maximum atomic E-state index is 5.06. The van der Waals surface area contributed by atoms with Gasteiger partial charge in [-0.3, -0.25) is 0 Å². The van der Waals surface area contributed by atoms with E-state index < -0.39 is 0 Å². The minimum atomic E-state index is -0.163. The lowest BCUT2D eigenvalue weighted by Gasteiger charge is -2.24. The van der Waals surface area contributed by atoms with Gasteiger partial charge in [0.25, 0.3) is 0 Å². The van der Waals surface area contributed by atoms with Crippen molar-refractivity contribution in [2.75, 3.05) is 0 Å². The monoisotopic (exact) mass is 704 g/mol. The summed E-state index contributed by atoms with van der Waals surface area (Å²) in [7, 11) is 0. The van der Waals surface area contributed by atoms with Gasteiger partial charge in [-0.25, -0.2) is 9.97 Å². The zero-order valence-electron chi connectivity index (χ0n) is 31.1. The molecule has 7 aromatic carbocycles. The first kappa shape index (κ1) is 33.0. The van der Waals surface area contributed by atoms with Crippen LogP contribution in [0, 0.1) is 0 Å². The molecule has 2 heteroatoms. The number of aromatic nitrogens is 2. The molecule has 0 bridgehead atoms. The normalized spacial score (nSPS) is 14.0. The maximum absolute atomic E-state index is 5.06. The highest BCUT2D eigenvalue weighted by molar-refractivity contribution is 6.05. The Bertz CT molecular complexity index is 2810. The van der Waals surface area contributed by atoms with Crippen molar-refractivity contribution in [1.29, 1.82) is 0 Å². The van der Waals surface area contributed by atoms with Crippen LogP contribution < -0.4 is 0 Å². The molecule has 0 atom stereocenters. The van der Waals surface area contributed by atoms with E-state index in [9.17, 15) is 0 Å². The van der Waals surface area contributed by atoms with Gasteiger partial charge in [-0.05, 0) is 109 Å². The van der Waals surface area contributed by atoms with Crippen molar-refractivity contribution >= 4 is 16.3 Å². The van der Waals surface area contributed by atoms with E-state index in [2.05, 4.69) is 178 Å². The Balaban J connectivity index is 1.01. The Labute approximate surface area is 323 Å². The van der Waals surface area contributed by atoms with Gasteiger partial charge in [-0.1, -0.05) is 172 Å². The highest BCUT2D eigenvalue weighted by Gasteiger charge is 2.39. The summed E-state index contributed by atoms with van der Waals surface area (Å²) in [5.41, 5.74) is 17.8. The van der Waals surface area contributed by atoms with Crippen LogP contribution in [-0.2, 0) is 5.41 Å². The molecule has 0 N–H and O–H groups in total. The van der Waals surface area contributed by atoms with E-state index in [0.717, 1.165) is 46.8 Å². The molecule has 2 nitrogen and oxygen atoms in total. The SMILES string of the molecule is CC1(C)c2cc(-c3cccc(-c4ccc(-c5cc(C6=CCCC=C6)nc(-c6ccccc6)n5)cc4)c3)ccc2-c2c(-c3ccccc3)cc3ccccc3c21. The molecule has 55 heavy (non-hydrogen) atoms. The van der Waals surface area contributed by atoms with Crippen molar-refractivity contribution < 1.29 is 0 Å². The molecule has 8 aromatic rings. The van der Waals surface area contributed by atoms with Gasteiger partial charge in [-0.2, -0.15) is 0 Å². The Hall–Kier alpha value is -6.64. The van der Waals surface area contributed by atoms with Crippen LogP contribution in [0.1, 0.15) is 43.5 Å². The average Bonchev–Trinajstić information content (AvgIpc) is 3.50. The topological polar surface area (TPSA) is 25.8 Å². The predicted octanol–water partition coefficient (Wildman–Crippen LogP) is 14.0. The number of hydrogen-bond donors (Lipinski definition) is 0. The van der Waals surface area contributed by atoms with Crippen LogP contribution in [0.4, 0.5) is 0 Å². The van der Waals surface area contributed by atoms with E-state index >= 15 is 0 Å². The molecule has 2 aliphatic rings. The zero-order valence-corrected chi connectivity index (χ0v) is 31.1. The van der Waals surface area contributed by atoms with Gasteiger partial charge in [0, 0.05) is 16.5 Å². The fourth-order valence-electron chi connectivity index (χ4n) is 8.69. The minimum absolute atomic E-state index is 0.163. The number of rotatable bonds is 6. The summed E-state index contributed by atoms with van der Waals surface area (Å²) in [6, 6.07) is 59.4. The van der Waals surface area contributed by atoms with Crippen LogP contribution in [0.5, 0.6) is 0 Å². The van der Waals surface area contributed by atoms with Crippen LogP contribution in [0.25, 0.3) is 83.5 Å². The number of fused-ring (bicyclic) bond motifs is 5. The smallest absolute Gasteiger partial charge is 0.160 e. The van der Waals surface area contributed by atoms with E-state index in [0.29, 0.717) is 0 Å². The molecular weight excluding hydrogens is 665 g/mol. The largest absolute Gasteiger partial charge is 0.228 e. The van der Waals surface area contributed by atoms with Gasteiger partial charge in [0.15, 0.2) is 5.82 Å². The molecule has 0 aliphatic heterocycles. The van der Waals surface area contributed by atoms with Crippen molar-refractivity contribution in [3.05, 3.63) is 199 Å². The number of nitrogens with zero attached hydrogens (tertiary/aromatic N) is 2. The average molecular weight is 705 g/mol. The quantitative estimate of drug-likeness (QED) is 0.172. The molecule has 1 heterocycles. The van der Waals surface area contributed by atoms with E-state index in [4.69, 9.17) is 9.97 Å². The summed E-state index contributed by atoms with van der Waals surface area (Å²) in [5.74, 6) is 0.745. The molecule has 262 valence electrons. The summed E-state index contributed by atoms with van der Waals surface area (Å²) in [6.45, 7) is 4.79. The summed E-state index contributed by atoms with van der Waals surface area (Å²) >= 11 is 0. The molecule has 1 aromatic heterocycles. The van der Waals surface area contributed by atoms with Crippen molar-refractivity contribution in [1.82, 2.24) is 9.97 Å². The second kappa shape index (κ2) is 13.3. The van der Waals surface area contributed by atoms with E-state index in [1.54, 1.807) is 0 Å². The molecule has 2 aliphatic carbocycles. The van der Waals surface area contributed by atoms with Crippen LogP contribution >= 0.6 is 0 Å². The molecule has 0 saturated carbocycles. The van der Waals surface area contributed by atoms with Gasteiger partial charge in [-0.15, -0.1) is 0 Å². The maximum Gasteiger partial charge on any atom is 0.160 e. The van der Waals surface area contributed by atoms with Gasteiger partial charge in [0.05, 0.1) is 11.4 Å². The first-order valence-corrected chi connectivity index (χ1v) is 19.3. The second-order valence-electron chi connectivity index (χ2n) is 15.3. The third-order valence-electron chi connectivity index (χ3n) is 11.5. The highest BCUT2D eigenvalue weighted by atomic mass is 14.9. The number of benzene rings is 7. The van der Waals surface area contributed by atoms with Crippen LogP contribution in [0.3, 0.4) is 0 Å².